The maximum atomic E-state index is 5.23. The molecule has 72 heavy (non-hydrogen) atoms. The van der Waals surface area contributed by atoms with Crippen LogP contribution in [0.25, 0.3) is 154 Å². The molecule has 0 aliphatic rings. The van der Waals surface area contributed by atoms with Crippen LogP contribution in [0.15, 0.2) is 219 Å². The molecule has 0 aliphatic heterocycles. The zero-order valence-electron chi connectivity index (χ0n) is 38.4. The Kier molecular flexibility index (Phi) is 8.79. The highest BCUT2D eigenvalue weighted by Gasteiger charge is 2.16. The van der Waals surface area contributed by atoms with E-state index in [4.69, 9.17) is 24.9 Å². The zero-order valence-corrected chi connectivity index (χ0v) is 38.4. The first-order valence-electron chi connectivity index (χ1n) is 23.9. The lowest BCUT2D eigenvalue weighted by Crippen LogP contribution is -1.97. The predicted octanol–water partition coefficient (Wildman–Crippen LogP) is 15.6. The van der Waals surface area contributed by atoms with E-state index in [1.165, 1.54) is 32.3 Å². The van der Waals surface area contributed by atoms with Gasteiger partial charge in [-0.1, -0.05) is 127 Å². The molecule has 6 aromatic heterocycles. The Morgan fingerprint density at radius 1 is 0.264 bits per heavy atom. The standard InChI is InChI=1S/C64H36N8/c1-2-6-51-37(4-1)7-11-45-30-48(17-22-52(45)51)63-68-36-69-64(72-63)58-24-19-40-10-14-47-32-50(34-67-60(47)62(40)71-58)42-16-21-54-44(29-42)13-12-43-28-41(15-20-53(43)54)49-31-46-25-27-65-35-56(46)55(33-49)57-23-18-39-9-8-38-5-3-26-66-59(38)61(39)70-57/h1-36H. The lowest BCUT2D eigenvalue weighted by atomic mass is 9.93. The number of hydrogen-bond donors (Lipinski definition) is 0. The topological polar surface area (TPSA) is 103 Å². The van der Waals surface area contributed by atoms with Crippen LogP contribution in [0.1, 0.15) is 0 Å². The third kappa shape index (κ3) is 6.54. The van der Waals surface area contributed by atoms with Gasteiger partial charge in [0, 0.05) is 68.4 Å². The summed E-state index contributed by atoms with van der Waals surface area (Å²) in [5.41, 5.74) is 11.3. The molecule has 0 N–H and O–H groups in total. The van der Waals surface area contributed by atoms with Crippen molar-refractivity contribution in [1.29, 1.82) is 0 Å². The summed E-state index contributed by atoms with van der Waals surface area (Å²) < 4.78 is 0. The van der Waals surface area contributed by atoms with E-state index in [-0.39, 0.29) is 0 Å². The number of benzene rings is 9. The fraction of sp³-hybridized carbons (Fsp3) is 0. The summed E-state index contributed by atoms with van der Waals surface area (Å²) in [6.45, 7) is 0. The Hall–Kier alpha value is -9.92. The van der Waals surface area contributed by atoms with Gasteiger partial charge in [-0.2, -0.15) is 0 Å². The molecular formula is C64H36N8. The van der Waals surface area contributed by atoms with E-state index in [0.29, 0.717) is 17.3 Å². The molecule has 15 rings (SSSR count). The summed E-state index contributed by atoms with van der Waals surface area (Å²) in [6, 6.07) is 66.6. The van der Waals surface area contributed by atoms with Gasteiger partial charge in [0.2, 0.25) is 0 Å². The summed E-state index contributed by atoms with van der Waals surface area (Å²) >= 11 is 0. The first kappa shape index (κ1) is 40.0. The summed E-state index contributed by atoms with van der Waals surface area (Å²) in [7, 11) is 0. The lowest BCUT2D eigenvalue weighted by molar-refractivity contribution is 1.05. The van der Waals surface area contributed by atoms with Crippen molar-refractivity contribution in [1.82, 2.24) is 39.9 Å². The van der Waals surface area contributed by atoms with E-state index in [0.717, 1.165) is 104 Å². The first-order valence-corrected chi connectivity index (χ1v) is 23.9. The fourth-order valence-electron chi connectivity index (χ4n) is 10.7. The van der Waals surface area contributed by atoms with Crippen LogP contribution in [0.5, 0.6) is 0 Å². The number of aromatic nitrogens is 8. The van der Waals surface area contributed by atoms with Gasteiger partial charge in [0.15, 0.2) is 11.6 Å². The van der Waals surface area contributed by atoms with Crippen LogP contribution < -0.4 is 0 Å². The van der Waals surface area contributed by atoms with Crippen LogP contribution in [0.2, 0.25) is 0 Å². The van der Waals surface area contributed by atoms with Crippen LogP contribution in [0.3, 0.4) is 0 Å². The third-order valence-electron chi connectivity index (χ3n) is 14.3. The largest absolute Gasteiger partial charge is 0.264 e. The van der Waals surface area contributed by atoms with Gasteiger partial charge in [-0.25, -0.2) is 24.9 Å². The quantitative estimate of drug-likeness (QED) is 0.157. The van der Waals surface area contributed by atoms with E-state index in [1.807, 2.05) is 36.9 Å². The molecule has 332 valence electrons. The van der Waals surface area contributed by atoms with Gasteiger partial charge in [-0.15, -0.1) is 0 Å². The van der Waals surface area contributed by atoms with Gasteiger partial charge in [0.05, 0.1) is 27.8 Å². The molecular weight excluding hydrogens is 881 g/mol. The number of hydrogen-bond acceptors (Lipinski definition) is 8. The predicted molar refractivity (Wildman–Crippen MR) is 294 cm³/mol. The zero-order chi connectivity index (χ0) is 47.3. The summed E-state index contributed by atoms with van der Waals surface area (Å²) in [4.78, 5) is 38.7. The molecule has 0 atom stereocenters. The SMILES string of the molecule is c1ccc2c(c1)ccc1cc(-c3ncnc(-c4ccc5ccc6cc(-c7ccc8c(ccc9cc(-c%10cc(-c%11ccc%12ccc%13cccnc%13c%12n%11)c%11cnccc%11c%10)ccc98)c7)cnc6c5n4)n3)ccc12. The maximum absolute atomic E-state index is 5.23. The first-order chi connectivity index (χ1) is 35.6. The number of rotatable bonds is 5. The number of nitrogens with zero attached hydrogens (tertiary/aromatic N) is 8. The maximum Gasteiger partial charge on any atom is 0.181 e. The molecule has 0 saturated heterocycles. The Balaban J connectivity index is 0.745. The van der Waals surface area contributed by atoms with Crippen molar-refractivity contribution >= 4 is 97.5 Å². The van der Waals surface area contributed by atoms with E-state index in [2.05, 4.69) is 191 Å². The molecule has 0 aliphatic carbocycles. The molecule has 0 spiro atoms. The molecule has 15 aromatic rings. The van der Waals surface area contributed by atoms with Gasteiger partial charge in [-0.3, -0.25) is 15.0 Å². The van der Waals surface area contributed by atoms with Crippen LogP contribution in [0.4, 0.5) is 0 Å². The monoisotopic (exact) mass is 916 g/mol. The van der Waals surface area contributed by atoms with Crippen molar-refractivity contribution < 1.29 is 0 Å². The Labute approximate surface area is 411 Å². The van der Waals surface area contributed by atoms with Crippen molar-refractivity contribution in [2.75, 3.05) is 0 Å². The van der Waals surface area contributed by atoms with Gasteiger partial charge >= 0.3 is 0 Å². The van der Waals surface area contributed by atoms with Crippen LogP contribution in [-0.4, -0.2) is 39.9 Å². The van der Waals surface area contributed by atoms with Crippen molar-refractivity contribution in [3.63, 3.8) is 0 Å². The van der Waals surface area contributed by atoms with Gasteiger partial charge < -0.3 is 0 Å². The normalized spacial score (nSPS) is 11.9. The molecule has 0 bridgehead atoms. The molecule has 9 aromatic carbocycles. The van der Waals surface area contributed by atoms with E-state index >= 15 is 0 Å². The summed E-state index contributed by atoms with van der Waals surface area (Å²) in [6.07, 6.45) is 9.14. The summed E-state index contributed by atoms with van der Waals surface area (Å²) in [5.74, 6) is 1.11. The minimum absolute atomic E-state index is 0.510. The second-order valence-electron chi connectivity index (χ2n) is 18.5. The van der Waals surface area contributed by atoms with Crippen molar-refractivity contribution in [2.45, 2.75) is 0 Å². The minimum atomic E-state index is 0.510. The number of fused-ring (bicyclic) bond motifs is 13. The molecule has 0 saturated carbocycles. The highest BCUT2D eigenvalue weighted by atomic mass is 15.0. The van der Waals surface area contributed by atoms with Crippen LogP contribution in [0, 0.1) is 0 Å². The van der Waals surface area contributed by atoms with Gasteiger partial charge in [0.1, 0.15) is 12.0 Å². The summed E-state index contributed by atoms with van der Waals surface area (Å²) in [5, 5.41) is 15.8. The van der Waals surface area contributed by atoms with E-state index in [1.54, 1.807) is 6.33 Å². The van der Waals surface area contributed by atoms with Crippen molar-refractivity contribution in [2.24, 2.45) is 0 Å². The Bertz CT molecular complexity index is 4780. The molecule has 6 heterocycles. The molecule has 0 amide bonds. The fourth-order valence-corrected chi connectivity index (χ4v) is 10.7. The van der Waals surface area contributed by atoms with E-state index in [9.17, 15) is 0 Å². The van der Waals surface area contributed by atoms with E-state index < -0.39 is 0 Å². The highest BCUT2D eigenvalue weighted by Crippen LogP contribution is 2.38. The van der Waals surface area contributed by atoms with Crippen molar-refractivity contribution in [3.05, 3.63) is 219 Å². The Morgan fingerprint density at radius 2 is 0.806 bits per heavy atom. The molecule has 0 radical (unpaired) electrons. The second-order valence-corrected chi connectivity index (χ2v) is 18.5. The van der Waals surface area contributed by atoms with Crippen LogP contribution in [-0.2, 0) is 0 Å². The molecule has 8 nitrogen and oxygen atoms in total. The average molecular weight is 917 g/mol. The Morgan fingerprint density at radius 3 is 1.60 bits per heavy atom. The molecule has 8 heteroatoms. The van der Waals surface area contributed by atoms with Crippen LogP contribution >= 0.6 is 0 Å². The van der Waals surface area contributed by atoms with Crippen molar-refractivity contribution in [3.8, 4) is 56.4 Å². The minimum Gasteiger partial charge on any atom is -0.264 e. The van der Waals surface area contributed by atoms with Gasteiger partial charge in [0.25, 0.3) is 0 Å². The molecule has 0 fully saturated rings. The average Bonchev–Trinajstić information content (AvgIpc) is 3.45. The van der Waals surface area contributed by atoms with Gasteiger partial charge in [-0.05, 0) is 126 Å². The number of pyridine rings is 5. The highest BCUT2D eigenvalue weighted by molar-refractivity contribution is 6.12. The third-order valence-corrected chi connectivity index (χ3v) is 14.3. The second kappa shape index (κ2) is 15.8. The lowest BCUT2D eigenvalue weighted by Gasteiger charge is -2.13. The molecule has 0 unspecified atom stereocenters. The smallest absolute Gasteiger partial charge is 0.181 e.